The third-order valence-corrected chi connectivity index (χ3v) is 5.59. The minimum atomic E-state index is -0.152. The van der Waals surface area contributed by atoms with E-state index in [0.717, 1.165) is 35.0 Å². The van der Waals surface area contributed by atoms with Crippen LogP contribution in [-0.2, 0) is 6.54 Å². The Morgan fingerprint density at radius 3 is 2.81 bits per heavy atom. The van der Waals surface area contributed by atoms with Gasteiger partial charge in [-0.2, -0.15) is 0 Å². The number of amides is 1. The maximum absolute atomic E-state index is 12.4. The van der Waals surface area contributed by atoms with Gasteiger partial charge in [-0.1, -0.05) is 29.8 Å². The minimum absolute atomic E-state index is 0.152. The van der Waals surface area contributed by atoms with Crippen molar-refractivity contribution in [2.45, 2.75) is 26.3 Å². The van der Waals surface area contributed by atoms with E-state index in [4.69, 9.17) is 0 Å². The van der Waals surface area contributed by atoms with Crippen molar-refractivity contribution in [1.82, 2.24) is 15.3 Å². The highest BCUT2D eigenvalue weighted by molar-refractivity contribution is 7.13. The van der Waals surface area contributed by atoms with E-state index >= 15 is 0 Å². The van der Waals surface area contributed by atoms with Crippen molar-refractivity contribution in [3.8, 4) is 10.6 Å². The van der Waals surface area contributed by atoms with Gasteiger partial charge < -0.3 is 10.2 Å². The number of rotatable bonds is 5. The van der Waals surface area contributed by atoms with Crippen LogP contribution in [-0.4, -0.2) is 29.0 Å². The van der Waals surface area contributed by atoms with Crippen molar-refractivity contribution < 1.29 is 4.79 Å². The van der Waals surface area contributed by atoms with Crippen LogP contribution in [0.15, 0.2) is 48.0 Å². The molecule has 1 fully saturated rings. The highest BCUT2D eigenvalue weighted by Gasteiger charge is 2.15. The summed E-state index contributed by atoms with van der Waals surface area (Å²) in [5.41, 5.74) is 3.66. The van der Waals surface area contributed by atoms with Gasteiger partial charge >= 0.3 is 0 Å². The number of nitrogens with zero attached hydrogens (tertiary/aromatic N) is 3. The number of nitrogens with one attached hydrogen (secondary N) is 1. The number of hydrogen-bond acceptors (Lipinski definition) is 5. The van der Waals surface area contributed by atoms with Gasteiger partial charge in [-0.3, -0.25) is 4.79 Å². The molecule has 27 heavy (non-hydrogen) atoms. The monoisotopic (exact) mass is 378 g/mol. The lowest BCUT2D eigenvalue weighted by molar-refractivity contribution is 0.0946. The summed E-state index contributed by atoms with van der Waals surface area (Å²) in [5, 5.41) is 5.55. The second-order valence-corrected chi connectivity index (χ2v) is 7.67. The van der Waals surface area contributed by atoms with Crippen LogP contribution in [0.3, 0.4) is 0 Å². The van der Waals surface area contributed by atoms with Gasteiger partial charge in [0.15, 0.2) is 0 Å². The van der Waals surface area contributed by atoms with Crippen molar-refractivity contribution in [1.29, 1.82) is 0 Å². The molecule has 2 aromatic heterocycles. The average Bonchev–Trinajstić information content (AvgIpc) is 3.38. The Morgan fingerprint density at radius 1 is 1.22 bits per heavy atom. The van der Waals surface area contributed by atoms with Crippen LogP contribution in [0.4, 0.5) is 5.82 Å². The first kappa shape index (κ1) is 17.7. The number of aromatic nitrogens is 2. The van der Waals surface area contributed by atoms with E-state index in [-0.39, 0.29) is 5.91 Å². The van der Waals surface area contributed by atoms with Gasteiger partial charge in [0, 0.05) is 36.8 Å². The second-order valence-electron chi connectivity index (χ2n) is 6.81. The molecular weight excluding hydrogens is 356 g/mol. The highest BCUT2D eigenvalue weighted by atomic mass is 32.1. The van der Waals surface area contributed by atoms with Gasteiger partial charge in [0.05, 0.1) is 0 Å². The third-order valence-electron chi connectivity index (χ3n) is 4.70. The summed E-state index contributed by atoms with van der Waals surface area (Å²) >= 11 is 1.47. The topological polar surface area (TPSA) is 58.1 Å². The summed E-state index contributed by atoms with van der Waals surface area (Å²) < 4.78 is 0. The first-order valence-corrected chi connectivity index (χ1v) is 10.1. The van der Waals surface area contributed by atoms with Gasteiger partial charge in [-0.25, -0.2) is 9.97 Å². The summed E-state index contributed by atoms with van der Waals surface area (Å²) in [6, 6.07) is 12.2. The molecule has 1 N–H and O–H groups in total. The molecule has 0 saturated carbocycles. The zero-order valence-electron chi connectivity index (χ0n) is 15.3. The number of benzene rings is 1. The number of thiazole rings is 1. The molecule has 3 heterocycles. The molecule has 0 bridgehead atoms. The van der Waals surface area contributed by atoms with Crippen molar-refractivity contribution in [3.63, 3.8) is 0 Å². The summed E-state index contributed by atoms with van der Waals surface area (Å²) in [7, 11) is 0. The SMILES string of the molecule is Cc1cccc(CNC(=O)c2csc(-c3ccc(N4CCCC4)nc3)n2)c1. The number of anilines is 1. The van der Waals surface area contributed by atoms with Crippen molar-refractivity contribution >= 4 is 23.1 Å². The molecule has 0 unspecified atom stereocenters. The van der Waals surface area contributed by atoms with Crippen molar-refractivity contribution in [2.24, 2.45) is 0 Å². The summed E-state index contributed by atoms with van der Waals surface area (Å²) in [5.74, 6) is 0.865. The van der Waals surface area contributed by atoms with Crippen LogP contribution in [0, 0.1) is 6.92 Å². The van der Waals surface area contributed by atoms with Crippen molar-refractivity contribution in [3.05, 3.63) is 64.8 Å². The largest absolute Gasteiger partial charge is 0.357 e. The van der Waals surface area contributed by atoms with Gasteiger partial charge in [0.1, 0.15) is 16.5 Å². The standard InChI is InChI=1S/C21H22N4OS/c1-15-5-4-6-16(11-15)12-23-20(26)18-14-27-21(24-18)17-7-8-19(22-13-17)25-9-2-3-10-25/h4-8,11,13-14H,2-3,9-10,12H2,1H3,(H,23,26). The molecule has 0 spiro atoms. The molecule has 5 nitrogen and oxygen atoms in total. The van der Waals surface area contributed by atoms with E-state index in [9.17, 15) is 4.79 Å². The molecule has 3 aromatic rings. The Morgan fingerprint density at radius 2 is 2.07 bits per heavy atom. The molecule has 0 aliphatic carbocycles. The Labute approximate surface area is 163 Å². The van der Waals surface area contributed by atoms with E-state index in [2.05, 4.69) is 26.3 Å². The molecule has 1 saturated heterocycles. The highest BCUT2D eigenvalue weighted by Crippen LogP contribution is 2.25. The Bertz CT molecular complexity index is 929. The zero-order chi connectivity index (χ0) is 18.6. The first-order valence-electron chi connectivity index (χ1n) is 9.20. The van der Waals surface area contributed by atoms with Crippen LogP contribution >= 0.6 is 11.3 Å². The number of carbonyl (C=O) groups excluding carboxylic acids is 1. The Kier molecular flexibility index (Phi) is 5.16. The summed E-state index contributed by atoms with van der Waals surface area (Å²) in [6.07, 6.45) is 4.31. The number of carbonyl (C=O) groups is 1. The molecule has 1 aromatic carbocycles. The lowest BCUT2D eigenvalue weighted by Crippen LogP contribution is -2.23. The average molecular weight is 379 g/mol. The molecule has 0 radical (unpaired) electrons. The van der Waals surface area contributed by atoms with E-state index in [0.29, 0.717) is 12.2 Å². The molecular formula is C21H22N4OS. The predicted molar refractivity (Wildman–Crippen MR) is 109 cm³/mol. The van der Waals surface area contributed by atoms with Gasteiger partial charge in [-0.15, -0.1) is 11.3 Å². The fourth-order valence-corrected chi connectivity index (χ4v) is 4.04. The van der Waals surface area contributed by atoms with Gasteiger partial charge in [0.2, 0.25) is 0 Å². The van der Waals surface area contributed by atoms with Crippen LogP contribution in [0.25, 0.3) is 10.6 Å². The smallest absolute Gasteiger partial charge is 0.271 e. The molecule has 0 atom stereocenters. The Balaban J connectivity index is 1.40. The molecule has 138 valence electrons. The molecule has 1 amide bonds. The number of pyridine rings is 1. The quantitative estimate of drug-likeness (QED) is 0.728. The summed E-state index contributed by atoms with van der Waals surface area (Å²) in [6.45, 7) is 4.70. The van der Waals surface area contributed by atoms with Gasteiger partial charge in [0.25, 0.3) is 5.91 Å². The lowest BCUT2D eigenvalue weighted by Gasteiger charge is -2.15. The van der Waals surface area contributed by atoms with Crippen LogP contribution in [0.1, 0.15) is 34.5 Å². The van der Waals surface area contributed by atoms with Crippen LogP contribution < -0.4 is 10.2 Å². The third kappa shape index (κ3) is 4.17. The summed E-state index contributed by atoms with van der Waals surface area (Å²) in [4.78, 5) is 23.7. The molecule has 1 aliphatic rings. The Hall–Kier alpha value is -2.73. The van der Waals surface area contributed by atoms with Crippen LogP contribution in [0.2, 0.25) is 0 Å². The predicted octanol–water partition coefficient (Wildman–Crippen LogP) is 4.04. The van der Waals surface area contributed by atoms with Crippen molar-refractivity contribution in [2.75, 3.05) is 18.0 Å². The maximum atomic E-state index is 12.4. The van der Waals surface area contributed by atoms with Crippen LogP contribution in [0.5, 0.6) is 0 Å². The fraction of sp³-hybridized carbons (Fsp3) is 0.286. The maximum Gasteiger partial charge on any atom is 0.271 e. The fourth-order valence-electron chi connectivity index (χ4n) is 3.25. The van der Waals surface area contributed by atoms with E-state index in [1.165, 1.54) is 29.7 Å². The van der Waals surface area contributed by atoms with Gasteiger partial charge in [-0.05, 0) is 37.5 Å². The lowest BCUT2D eigenvalue weighted by atomic mass is 10.1. The normalized spacial score (nSPS) is 13.7. The van der Waals surface area contributed by atoms with E-state index in [1.807, 2.05) is 43.5 Å². The minimum Gasteiger partial charge on any atom is -0.357 e. The number of hydrogen-bond donors (Lipinski definition) is 1. The van der Waals surface area contributed by atoms with E-state index in [1.54, 1.807) is 5.38 Å². The molecule has 6 heteroatoms. The molecule has 1 aliphatic heterocycles. The second kappa shape index (κ2) is 7.88. The zero-order valence-corrected chi connectivity index (χ0v) is 16.1. The number of aryl methyl sites for hydroxylation is 1. The van der Waals surface area contributed by atoms with E-state index < -0.39 is 0 Å². The molecule has 4 rings (SSSR count). The first-order chi connectivity index (χ1) is 13.2.